The fourth-order valence-electron chi connectivity index (χ4n) is 4.27. The van der Waals surface area contributed by atoms with Gasteiger partial charge < -0.3 is 19.7 Å². The number of nitrogens with zero attached hydrogens (tertiary/aromatic N) is 3. The standard InChI is InChI=1S/C25H28N4O4S/c1-32-15-19-8-9-22(34-19)25(31)28-11-10-21-20(14-28)23(24(30)26-17-6-7-17)27-29(21)13-16-4-3-5-18(12-16)33-2/h3-5,8-9,12,17H,6-7,10-11,13-15H2,1-2H3,(H,26,30). The van der Waals surface area contributed by atoms with E-state index in [9.17, 15) is 9.59 Å². The zero-order valence-corrected chi connectivity index (χ0v) is 20.2. The van der Waals surface area contributed by atoms with Gasteiger partial charge in [-0.1, -0.05) is 12.1 Å². The number of thiophene rings is 1. The molecule has 178 valence electrons. The van der Waals surface area contributed by atoms with E-state index in [0.29, 0.717) is 43.2 Å². The Hall–Kier alpha value is -3.17. The first-order valence-electron chi connectivity index (χ1n) is 11.4. The van der Waals surface area contributed by atoms with Gasteiger partial charge in [0, 0.05) is 42.3 Å². The number of fused-ring (bicyclic) bond motifs is 1. The highest BCUT2D eigenvalue weighted by atomic mass is 32.1. The summed E-state index contributed by atoms with van der Waals surface area (Å²) in [6.07, 6.45) is 2.65. The normalized spacial score (nSPS) is 15.2. The van der Waals surface area contributed by atoms with Crippen molar-refractivity contribution < 1.29 is 19.1 Å². The molecule has 9 heteroatoms. The van der Waals surface area contributed by atoms with Crippen molar-refractivity contribution in [2.75, 3.05) is 20.8 Å². The molecule has 2 aliphatic rings. The van der Waals surface area contributed by atoms with Crippen LogP contribution >= 0.6 is 11.3 Å². The molecule has 1 fully saturated rings. The second-order valence-corrected chi connectivity index (χ2v) is 9.87. The summed E-state index contributed by atoms with van der Waals surface area (Å²) in [5, 5.41) is 7.79. The molecule has 5 rings (SSSR count). The third-order valence-corrected chi connectivity index (χ3v) is 7.22. The maximum Gasteiger partial charge on any atom is 0.272 e. The van der Waals surface area contributed by atoms with Crippen molar-refractivity contribution in [1.82, 2.24) is 20.0 Å². The number of carbonyl (C=O) groups is 2. The van der Waals surface area contributed by atoms with Crippen LogP contribution in [0.5, 0.6) is 5.75 Å². The van der Waals surface area contributed by atoms with Crippen LogP contribution in [0.15, 0.2) is 36.4 Å². The monoisotopic (exact) mass is 480 g/mol. The quantitative estimate of drug-likeness (QED) is 0.535. The molecule has 0 bridgehead atoms. The van der Waals surface area contributed by atoms with E-state index in [0.717, 1.165) is 40.3 Å². The van der Waals surface area contributed by atoms with Gasteiger partial charge in [0.25, 0.3) is 11.8 Å². The minimum absolute atomic E-state index is 0.0212. The molecule has 1 saturated carbocycles. The van der Waals surface area contributed by atoms with Crippen molar-refractivity contribution in [1.29, 1.82) is 0 Å². The number of nitrogens with one attached hydrogen (secondary N) is 1. The third-order valence-electron chi connectivity index (χ3n) is 6.17. The van der Waals surface area contributed by atoms with E-state index in [4.69, 9.17) is 14.6 Å². The van der Waals surface area contributed by atoms with Crippen LogP contribution in [0.3, 0.4) is 0 Å². The summed E-state index contributed by atoms with van der Waals surface area (Å²) in [4.78, 5) is 29.8. The molecule has 0 radical (unpaired) electrons. The number of ether oxygens (including phenoxy) is 2. The van der Waals surface area contributed by atoms with Gasteiger partial charge in [0.2, 0.25) is 0 Å². The zero-order chi connectivity index (χ0) is 23.7. The van der Waals surface area contributed by atoms with E-state index < -0.39 is 0 Å². The molecule has 3 aromatic rings. The van der Waals surface area contributed by atoms with E-state index in [1.54, 1.807) is 14.2 Å². The van der Waals surface area contributed by atoms with E-state index in [-0.39, 0.29) is 17.9 Å². The first-order chi connectivity index (χ1) is 16.6. The Morgan fingerprint density at radius 3 is 2.82 bits per heavy atom. The molecule has 1 aliphatic carbocycles. The number of hydrogen-bond acceptors (Lipinski definition) is 6. The van der Waals surface area contributed by atoms with E-state index in [1.807, 2.05) is 46.0 Å². The van der Waals surface area contributed by atoms with Gasteiger partial charge in [0.1, 0.15) is 5.75 Å². The van der Waals surface area contributed by atoms with Crippen molar-refractivity contribution in [3.05, 3.63) is 68.7 Å². The van der Waals surface area contributed by atoms with Crippen molar-refractivity contribution in [2.45, 2.75) is 45.0 Å². The maximum absolute atomic E-state index is 13.2. The summed E-state index contributed by atoms with van der Waals surface area (Å²) >= 11 is 1.45. The van der Waals surface area contributed by atoms with Crippen LogP contribution in [0.1, 0.15) is 54.7 Å². The summed E-state index contributed by atoms with van der Waals surface area (Å²) < 4.78 is 12.4. The van der Waals surface area contributed by atoms with Crippen molar-refractivity contribution in [3.63, 3.8) is 0 Å². The van der Waals surface area contributed by atoms with Gasteiger partial charge in [-0.15, -0.1) is 11.3 Å². The molecule has 0 atom stereocenters. The summed E-state index contributed by atoms with van der Waals surface area (Å²) in [6.45, 7) is 1.98. The van der Waals surface area contributed by atoms with Crippen molar-refractivity contribution in [3.8, 4) is 5.75 Å². The Morgan fingerprint density at radius 1 is 1.21 bits per heavy atom. The van der Waals surface area contributed by atoms with Gasteiger partial charge in [0.05, 0.1) is 31.7 Å². The maximum atomic E-state index is 13.2. The first-order valence-corrected chi connectivity index (χ1v) is 12.3. The molecule has 1 N–H and O–H groups in total. The molecule has 3 heterocycles. The lowest BCUT2D eigenvalue weighted by atomic mass is 10.0. The predicted octanol–water partition coefficient (Wildman–Crippen LogP) is 3.24. The van der Waals surface area contributed by atoms with Crippen LogP contribution in [0.25, 0.3) is 0 Å². The highest BCUT2D eigenvalue weighted by Crippen LogP contribution is 2.28. The lowest BCUT2D eigenvalue weighted by Crippen LogP contribution is -2.37. The highest BCUT2D eigenvalue weighted by Gasteiger charge is 2.33. The van der Waals surface area contributed by atoms with E-state index in [2.05, 4.69) is 5.32 Å². The molecule has 0 unspecified atom stereocenters. The number of carbonyl (C=O) groups excluding carboxylic acids is 2. The molecule has 1 aliphatic heterocycles. The Morgan fingerprint density at radius 2 is 2.06 bits per heavy atom. The van der Waals surface area contributed by atoms with Crippen LogP contribution in [0.2, 0.25) is 0 Å². The van der Waals surface area contributed by atoms with E-state index >= 15 is 0 Å². The van der Waals surface area contributed by atoms with E-state index in [1.165, 1.54) is 11.3 Å². The topological polar surface area (TPSA) is 85.7 Å². The molecule has 2 amide bonds. The Balaban J connectivity index is 1.42. The Bertz CT molecular complexity index is 1210. The number of rotatable bonds is 8. The van der Waals surface area contributed by atoms with Crippen LogP contribution in [0.4, 0.5) is 0 Å². The molecule has 34 heavy (non-hydrogen) atoms. The SMILES string of the molecule is COCc1ccc(C(=O)N2CCc3c(c(C(=O)NC4CC4)nn3Cc3cccc(OC)c3)C2)s1. The van der Waals surface area contributed by atoms with Gasteiger partial charge in [-0.3, -0.25) is 14.3 Å². The summed E-state index contributed by atoms with van der Waals surface area (Å²) in [5.41, 5.74) is 3.32. The van der Waals surface area contributed by atoms with Gasteiger partial charge in [0.15, 0.2) is 5.69 Å². The van der Waals surface area contributed by atoms with Crippen molar-refractivity contribution >= 4 is 23.2 Å². The Kier molecular flexibility index (Phi) is 6.38. The number of amides is 2. The lowest BCUT2D eigenvalue weighted by Gasteiger charge is -2.27. The minimum atomic E-state index is -0.157. The minimum Gasteiger partial charge on any atom is -0.497 e. The smallest absolute Gasteiger partial charge is 0.272 e. The Labute approximate surface area is 202 Å². The highest BCUT2D eigenvalue weighted by molar-refractivity contribution is 7.14. The number of methoxy groups -OCH3 is 2. The lowest BCUT2D eigenvalue weighted by molar-refractivity contribution is 0.0735. The average Bonchev–Trinajstić information content (AvgIpc) is 3.42. The first kappa shape index (κ1) is 22.6. The summed E-state index contributed by atoms with van der Waals surface area (Å²) in [7, 11) is 3.29. The fourth-order valence-corrected chi connectivity index (χ4v) is 5.22. The molecular weight excluding hydrogens is 452 g/mol. The third kappa shape index (κ3) is 4.71. The van der Waals surface area contributed by atoms with Gasteiger partial charge in [-0.2, -0.15) is 5.10 Å². The summed E-state index contributed by atoms with van der Waals surface area (Å²) in [5.74, 6) is 0.605. The molecule has 2 aromatic heterocycles. The number of aromatic nitrogens is 2. The van der Waals surface area contributed by atoms with Crippen LogP contribution in [0, 0.1) is 0 Å². The second kappa shape index (κ2) is 9.60. The summed E-state index contributed by atoms with van der Waals surface area (Å²) in [6, 6.07) is 11.9. The number of benzene rings is 1. The molecule has 1 aromatic carbocycles. The molecule has 0 spiro atoms. The number of hydrogen-bond donors (Lipinski definition) is 1. The average molecular weight is 481 g/mol. The fraction of sp³-hybridized carbons (Fsp3) is 0.400. The largest absolute Gasteiger partial charge is 0.497 e. The molecule has 8 nitrogen and oxygen atoms in total. The van der Waals surface area contributed by atoms with Gasteiger partial charge in [-0.05, 0) is 42.7 Å². The van der Waals surface area contributed by atoms with Crippen molar-refractivity contribution in [2.24, 2.45) is 0 Å². The molecule has 0 saturated heterocycles. The van der Waals surface area contributed by atoms with Gasteiger partial charge >= 0.3 is 0 Å². The second-order valence-electron chi connectivity index (χ2n) is 8.71. The van der Waals surface area contributed by atoms with Crippen LogP contribution in [-0.2, 0) is 30.9 Å². The van der Waals surface area contributed by atoms with Crippen LogP contribution < -0.4 is 10.1 Å². The molecular formula is C25H28N4O4S. The predicted molar refractivity (Wildman–Crippen MR) is 128 cm³/mol. The zero-order valence-electron chi connectivity index (χ0n) is 19.4. The van der Waals surface area contributed by atoms with Crippen LogP contribution in [-0.4, -0.2) is 53.3 Å². The van der Waals surface area contributed by atoms with Gasteiger partial charge in [-0.25, -0.2) is 0 Å².